The summed E-state index contributed by atoms with van der Waals surface area (Å²) < 4.78 is 10.2. The van der Waals surface area contributed by atoms with Gasteiger partial charge < -0.3 is 24.8 Å². The normalized spacial score (nSPS) is 10.1. The summed E-state index contributed by atoms with van der Waals surface area (Å²) in [6.07, 6.45) is 1.02. The third-order valence-corrected chi connectivity index (χ3v) is 2.09. The molecule has 0 heterocycles. The zero-order chi connectivity index (χ0) is 16.5. The average Bonchev–Trinajstić information content (AvgIpc) is 2.39. The predicted molar refractivity (Wildman–Crippen MR) is 77.3 cm³/mol. The Morgan fingerprint density at radius 2 is 1.38 bits per heavy atom. The molecule has 0 spiro atoms. The summed E-state index contributed by atoms with van der Waals surface area (Å²) in [7, 11) is 0. The summed E-state index contributed by atoms with van der Waals surface area (Å²) in [6.45, 7) is 6.69. The molecule has 0 aliphatic heterocycles. The molecule has 0 bridgehead atoms. The predicted octanol–water partition coefficient (Wildman–Crippen LogP) is 1.38. The Morgan fingerprint density at radius 3 is 1.76 bits per heavy atom. The number of hydrogen-bond donors (Lipinski definition) is 3. The van der Waals surface area contributed by atoms with E-state index >= 15 is 0 Å². The molecule has 21 heavy (non-hydrogen) atoms. The molecule has 0 aliphatic carbocycles. The summed E-state index contributed by atoms with van der Waals surface area (Å²) in [6, 6.07) is 0. The molecule has 0 fully saturated rings. The minimum Gasteiger partial charge on any atom is -0.481 e. The first-order valence-corrected chi connectivity index (χ1v) is 7.10. The molecule has 0 aromatic rings. The van der Waals surface area contributed by atoms with Gasteiger partial charge in [0.2, 0.25) is 0 Å². The molecule has 0 amide bonds. The first-order valence-electron chi connectivity index (χ1n) is 7.10. The lowest BCUT2D eigenvalue weighted by Gasteiger charge is -2.06. The lowest BCUT2D eigenvalue weighted by Crippen LogP contribution is -2.10. The Bertz CT molecular complexity index is 238. The van der Waals surface area contributed by atoms with Crippen molar-refractivity contribution in [2.45, 2.75) is 39.5 Å². The van der Waals surface area contributed by atoms with Crippen molar-refractivity contribution in [1.29, 1.82) is 0 Å². The second-order valence-corrected chi connectivity index (χ2v) is 4.80. The SMILES string of the molecule is CC(C)COCCOCCO.O=C(O)CCCCC(=O)O. The summed E-state index contributed by atoms with van der Waals surface area (Å²) >= 11 is 0. The van der Waals surface area contributed by atoms with E-state index in [0.717, 1.165) is 6.61 Å². The number of rotatable bonds is 12. The van der Waals surface area contributed by atoms with E-state index in [0.29, 0.717) is 38.6 Å². The van der Waals surface area contributed by atoms with Gasteiger partial charge in [0.15, 0.2) is 0 Å². The Labute approximate surface area is 125 Å². The van der Waals surface area contributed by atoms with Crippen molar-refractivity contribution in [3.63, 3.8) is 0 Å². The first-order chi connectivity index (χ1) is 9.90. The molecule has 126 valence electrons. The highest BCUT2D eigenvalue weighted by Crippen LogP contribution is 1.98. The van der Waals surface area contributed by atoms with Gasteiger partial charge in [-0.05, 0) is 18.8 Å². The maximum Gasteiger partial charge on any atom is 0.303 e. The van der Waals surface area contributed by atoms with E-state index in [9.17, 15) is 9.59 Å². The number of carboxylic acids is 2. The molecule has 0 radical (unpaired) electrons. The van der Waals surface area contributed by atoms with Crippen LogP contribution in [0.2, 0.25) is 0 Å². The van der Waals surface area contributed by atoms with Crippen molar-refractivity contribution >= 4 is 11.9 Å². The molecule has 0 saturated carbocycles. The van der Waals surface area contributed by atoms with Crippen LogP contribution in [0.4, 0.5) is 0 Å². The van der Waals surface area contributed by atoms with Gasteiger partial charge >= 0.3 is 11.9 Å². The highest BCUT2D eigenvalue weighted by molar-refractivity contribution is 5.67. The van der Waals surface area contributed by atoms with Crippen LogP contribution in [-0.4, -0.2) is 60.3 Å². The zero-order valence-electron chi connectivity index (χ0n) is 12.9. The molecule has 0 unspecified atom stereocenters. The summed E-state index contributed by atoms with van der Waals surface area (Å²) in [5.41, 5.74) is 0. The number of carbonyl (C=O) groups is 2. The van der Waals surface area contributed by atoms with Crippen LogP contribution in [0.25, 0.3) is 0 Å². The van der Waals surface area contributed by atoms with Crippen molar-refractivity contribution < 1.29 is 34.4 Å². The molecule has 7 nitrogen and oxygen atoms in total. The van der Waals surface area contributed by atoms with E-state index < -0.39 is 11.9 Å². The van der Waals surface area contributed by atoms with Gasteiger partial charge in [-0.2, -0.15) is 0 Å². The largest absolute Gasteiger partial charge is 0.481 e. The van der Waals surface area contributed by atoms with Crippen LogP contribution in [0.15, 0.2) is 0 Å². The molecule has 0 atom stereocenters. The van der Waals surface area contributed by atoms with E-state index in [4.69, 9.17) is 24.8 Å². The average molecular weight is 308 g/mol. The van der Waals surface area contributed by atoms with Crippen molar-refractivity contribution in [2.24, 2.45) is 5.92 Å². The molecule has 7 heteroatoms. The molecule has 0 aliphatic rings. The van der Waals surface area contributed by atoms with Crippen LogP contribution in [0, 0.1) is 5.92 Å². The van der Waals surface area contributed by atoms with Gasteiger partial charge in [0.25, 0.3) is 0 Å². The Morgan fingerprint density at radius 1 is 0.905 bits per heavy atom. The number of unbranched alkanes of at least 4 members (excludes halogenated alkanes) is 1. The van der Waals surface area contributed by atoms with E-state index in [1.165, 1.54) is 0 Å². The van der Waals surface area contributed by atoms with Gasteiger partial charge in [-0.25, -0.2) is 0 Å². The van der Waals surface area contributed by atoms with Crippen LogP contribution in [0.5, 0.6) is 0 Å². The number of carboxylic acid groups (broad SMARTS) is 2. The van der Waals surface area contributed by atoms with Crippen LogP contribution in [0.1, 0.15) is 39.5 Å². The van der Waals surface area contributed by atoms with Gasteiger partial charge in [0.05, 0.1) is 26.4 Å². The van der Waals surface area contributed by atoms with Gasteiger partial charge in [0.1, 0.15) is 0 Å². The second-order valence-electron chi connectivity index (χ2n) is 4.80. The van der Waals surface area contributed by atoms with E-state index in [-0.39, 0.29) is 19.4 Å². The quantitative estimate of drug-likeness (QED) is 0.467. The number of aliphatic hydroxyl groups is 1. The monoisotopic (exact) mass is 308 g/mol. The zero-order valence-corrected chi connectivity index (χ0v) is 12.9. The maximum atomic E-state index is 9.90. The first kappa shape index (κ1) is 22.1. The molecule has 0 aromatic heterocycles. The maximum absolute atomic E-state index is 9.90. The van der Waals surface area contributed by atoms with Crippen molar-refractivity contribution in [3.05, 3.63) is 0 Å². The summed E-state index contributed by atoms with van der Waals surface area (Å²) in [5.74, 6) is -1.16. The molecular formula is C14H28O7. The Kier molecular flexibility index (Phi) is 17.8. The van der Waals surface area contributed by atoms with Crippen LogP contribution in [0.3, 0.4) is 0 Å². The summed E-state index contributed by atoms with van der Waals surface area (Å²) in [4.78, 5) is 19.8. The molecule has 0 rings (SSSR count). The fourth-order valence-corrected chi connectivity index (χ4v) is 1.16. The van der Waals surface area contributed by atoms with E-state index in [1.807, 2.05) is 0 Å². The second kappa shape index (κ2) is 16.9. The van der Waals surface area contributed by atoms with Gasteiger partial charge in [0, 0.05) is 19.4 Å². The number of aliphatic hydroxyl groups excluding tert-OH is 1. The highest BCUT2D eigenvalue weighted by Gasteiger charge is 1.99. The number of aliphatic carboxylic acids is 2. The molecule has 0 saturated heterocycles. The fourth-order valence-electron chi connectivity index (χ4n) is 1.16. The van der Waals surface area contributed by atoms with Crippen molar-refractivity contribution in [3.8, 4) is 0 Å². The molecular weight excluding hydrogens is 280 g/mol. The van der Waals surface area contributed by atoms with Crippen molar-refractivity contribution in [2.75, 3.05) is 33.0 Å². The topological polar surface area (TPSA) is 113 Å². The minimum absolute atomic E-state index is 0.0628. The van der Waals surface area contributed by atoms with Gasteiger partial charge in [-0.3, -0.25) is 9.59 Å². The highest BCUT2D eigenvalue weighted by atomic mass is 16.5. The molecule has 0 aromatic carbocycles. The lowest BCUT2D eigenvalue weighted by molar-refractivity contribution is -0.139. The fraction of sp³-hybridized carbons (Fsp3) is 0.857. The Hall–Kier alpha value is -1.18. The molecule has 3 N–H and O–H groups in total. The Balaban J connectivity index is 0. The van der Waals surface area contributed by atoms with Crippen molar-refractivity contribution in [1.82, 2.24) is 0 Å². The third-order valence-electron chi connectivity index (χ3n) is 2.09. The third kappa shape index (κ3) is 27.9. The van der Waals surface area contributed by atoms with Crippen LogP contribution < -0.4 is 0 Å². The summed E-state index contributed by atoms with van der Waals surface area (Å²) in [5, 5.41) is 24.6. The number of ether oxygens (including phenoxy) is 2. The van der Waals surface area contributed by atoms with Crippen LogP contribution in [-0.2, 0) is 19.1 Å². The van der Waals surface area contributed by atoms with Crippen LogP contribution >= 0.6 is 0 Å². The van der Waals surface area contributed by atoms with E-state index in [2.05, 4.69) is 13.8 Å². The smallest absolute Gasteiger partial charge is 0.303 e. The van der Waals surface area contributed by atoms with Gasteiger partial charge in [-0.1, -0.05) is 13.8 Å². The van der Waals surface area contributed by atoms with Gasteiger partial charge in [-0.15, -0.1) is 0 Å². The van der Waals surface area contributed by atoms with E-state index in [1.54, 1.807) is 0 Å². The number of hydrogen-bond acceptors (Lipinski definition) is 5. The minimum atomic E-state index is -0.870. The lowest BCUT2D eigenvalue weighted by atomic mass is 10.2. The standard InChI is InChI=1S/C8H18O3.C6H10O4/c1-8(2)7-11-6-5-10-4-3-9;7-5(8)3-1-2-4-6(9)10/h8-9H,3-7H2,1-2H3;1-4H2,(H,7,8)(H,9,10).